The number of amides is 1. The summed E-state index contributed by atoms with van der Waals surface area (Å²) in [6, 6.07) is 22.5. The van der Waals surface area contributed by atoms with Crippen molar-refractivity contribution in [1.82, 2.24) is 0 Å². The molecule has 3 aromatic rings. The van der Waals surface area contributed by atoms with Gasteiger partial charge in [-0.25, -0.2) is 9.79 Å². The van der Waals surface area contributed by atoms with Crippen LogP contribution in [-0.4, -0.2) is 36.9 Å². The zero-order valence-corrected chi connectivity index (χ0v) is 22.8. The van der Waals surface area contributed by atoms with E-state index < -0.39 is 5.97 Å². The second-order valence-electron chi connectivity index (χ2n) is 7.67. The molecule has 1 heterocycles. The quantitative estimate of drug-likeness (QED) is 0.209. The Bertz CT molecular complexity index is 1330. The number of halogens is 1. The summed E-state index contributed by atoms with van der Waals surface area (Å²) < 4.78 is 17.0. The number of esters is 1. The molecule has 0 N–H and O–H groups in total. The third-order valence-electron chi connectivity index (χ3n) is 5.07. The van der Waals surface area contributed by atoms with E-state index >= 15 is 0 Å². The summed E-state index contributed by atoms with van der Waals surface area (Å²) in [5, 5.41) is 0.562. The van der Waals surface area contributed by atoms with E-state index in [4.69, 9.17) is 19.2 Å². The van der Waals surface area contributed by atoms with E-state index in [1.54, 1.807) is 24.0 Å². The number of amidine groups is 1. The first-order valence-electron chi connectivity index (χ1n) is 11.7. The van der Waals surface area contributed by atoms with Gasteiger partial charge in [0.05, 0.1) is 34.0 Å². The van der Waals surface area contributed by atoms with E-state index in [1.165, 1.54) is 11.8 Å². The number of para-hydroxylation sites is 2. The van der Waals surface area contributed by atoms with E-state index in [9.17, 15) is 9.59 Å². The molecule has 0 aromatic heterocycles. The molecule has 1 saturated heterocycles. The van der Waals surface area contributed by atoms with Crippen LogP contribution in [0.25, 0.3) is 6.08 Å². The van der Waals surface area contributed by atoms with E-state index in [-0.39, 0.29) is 19.1 Å². The van der Waals surface area contributed by atoms with Gasteiger partial charge in [-0.1, -0.05) is 36.4 Å². The van der Waals surface area contributed by atoms with E-state index in [0.717, 1.165) is 16.9 Å². The van der Waals surface area contributed by atoms with E-state index in [0.29, 0.717) is 32.7 Å². The number of ether oxygens (including phenoxy) is 3. The first-order chi connectivity index (χ1) is 18.0. The van der Waals surface area contributed by atoms with Crippen molar-refractivity contribution in [3.63, 3.8) is 0 Å². The first-order valence-corrected chi connectivity index (χ1v) is 13.3. The van der Waals surface area contributed by atoms with Gasteiger partial charge in [-0.2, -0.15) is 0 Å². The molecule has 37 heavy (non-hydrogen) atoms. The molecule has 7 nitrogen and oxygen atoms in total. The largest absolute Gasteiger partial charge is 0.490 e. The van der Waals surface area contributed by atoms with Crippen LogP contribution in [0.1, 0.15) is 19.4 Å². The van der Waals surface area contributed by atoms with Crippen LogP contribution in [-0.2, 0) is 14.3 Å². The molecule has 0 aliphatic carbocycles. The number of nitrogens with zero attached hydrogens (tertiary/aromatic N) is 2. The number of benzene rings is 3. The Morgan fingerprint density at radius 3 is 2.38 bits per heavy atom. The van der Waals surface area contributed by atoms with Crippen LogP contribution in [0.2, 0.25) is 0 Å². The Morgan fingerprint density at radius 2 is 1.70 bits per heavy atom. The standard InChI is InChI=1S/C28H25BrN2O5S/c1-3-34-23-16-19(15-22(29)26(23)36-18-25(32)35-4-2)17-24-27(33)31(21-13-9-6-10-14-21)28(37-24)30-20-11-7-5-8-12-20/h5-17H,3-4,18H2,1-2H3/b24-17+,30-28?. The maximum Gasteiger partial charge on any atom is 0.344 e. The van der Waals surface area contributed by atoms with Crippen LogP contribution in [0.4, 0.5) is 11.4 Å². The Labute approximate surface area is 228 Å². The van der Waals surface area contributed by atoms with Gasteiger partial charge in [0.25, 0.3) is 5.91 Å². The zero-order valence-electron chi connectivity index (χ0n) is 20.3. The molecule has 3 aromatic carbocycles. The van der Waals surface area contributed by atoms with E-state index in [2.05, 4.69) is 15.9 Å². The molecule has 0 radical (unpaired) electrons. The molecule has 190 valence electrons. The third kappa shape index (κ3) is 6.61. The van der Waals surface area contributed by atoms with Crippen molar-refractivity contribution in [2.45, 2.75) is 13.8 Å². The average Bonchev–Trinajstić information content (AvgIpc) is 3.19. The van der Waals surface area contributed by atoms with Crippen molar-refractivity contribution >= 4 is 62.2 Å². The van der Waals surface area contributed by atoms with Crippen molar-refractivity contribution in [2.24, 2.45) is 4.99 Å². The number of hydrogen-bond acceptors (Lipinski definition) is 7. The molecule has 0 bridgehead atoms. The molecule has 0 unspecified atom stereocenters. The van der Waals surface area contributed by atoms with Crippen molar-refractivity contribution < 1.29 is 23.8 Å². The Balaban J connectivity index is 1.69. The Kier molecular flexibility index (Phi) is 9.03. The lowest BCUT2D eigenvalue weighted by Gasteiger charge is -2.15. The van der Waals surface area contributed by atoms with Crippen LogP contribution >= 0.6 is 27.7 Å². The molecular formula is C28H25BrN2O5S. The molecule has 0 spiro atoms. The lowest BCUT2D eigenvalue weighted by atomic mass is 10.1. The summed E-state index contributed by atoms with van der Waals surface area (Å²) in [5.74, 6) is 0.186. The number of hydrogen-bond donors (Lipinski definition) is 0. The fraction of sp³-hybridized carbons (Fsp3) is 0.179. The molecule has 0 atom stereocenters. The van der Waals surface area contributed by atoms with Gasteiger partial charge in [-0.15, -0.1) is 0 Å². The summed E-state index contributed by atoms with van der Waals surface area (Å²) in [7, 11) is 0. The molecule has 1 fully saturated rings. The number of carbonyl (C=O) groups is 2. The van der Waals surface area contributed by atoms with Crippen LogP contribution in [0.5, 0.6) is 11.5 Å². The minimum Gasteiger partial charge on any atom is -0.490 e. The van der Waals surface area contributed by atoms with Gasteiger partial charge in [0, 0.05) is 0 Å². The Morgan fingerprint density at radius 1 is 1.00 bits per heavy atom. The number of carbonyl (C=O) groups excluding carboxylic acids is 2. The predicted octanol–water partition coefficient (Wildman–Crippen LogP) is 6.60. The van der Waals surface area contributed by atoms with Crippen molar-refractivity contribution in [1.29, 1.82) is 0 Å². The van der Waals surface area contributed by atoms with Crippen molar-refractivity contribution in [3.05, 3.63) is 87.7 Å². The number of anilines is 1. The molecule has 1 aliphatic heterocycles. The van der Waals surface area contributed by atoms with Gasteiger partial charge >= 0.3 is 5.97 Å². The van der Waals surface area contributed by atoms with Gasteiger partial charge in [0.2, 0.25) is 0 Å². The van der Waals surface area contributed by atoms with Gasteiger partial charge in [-0.3, -0.25) is 9.69 Å². The SMILES string of the molecule is CCOC(=O)COc1c(Br)cc(/C=C2/SC(=Nc3ccccc3)N(c3ccccc3)C2=O)cc1OCC. The summed E-state index contributed by atoms with van der Waals surface area (Å²) in [5.41, 5.74) is 2.21. The maximum atomic E-state index is 13.5. The van der Waals surface area contributed by atoms with Gasteiger partial charge in [0.1, 0.15) is 0 Å². The van der Waals surface area contributed by atoms with Gasteiger partial charge in [0.15, 0.2) is 23.3 Å². The summed E-state index contributed by atoms with van der Waals surface area (Å²) in [6.07, 6.45) is 1.79. The van der Waals surface area contributed by atoms with Crippen LogP contribution < -0.4 is 14.4 Å². The van der Waals surface area contributed by atoms with Crippen LogP contribution in [0.15, 0.2) is 87.2 Å². The second-order valence-corrected chi connectivity index (χ2v) is 9.54. The lowest BCUT2D eigenvalue weighted by molar-refractivity contribution is -0.145. The number of rotatable bonds is 9. The molecule has 1 amide bonds. The first kappa shape index (κ1) is 26.5. The molecular weight excluding hydrogens is 556 g/mol. The number of thioether (sulfide) groups is 1. The smallest absolute Gasteiger partial charge is 0.344 e. The fourth-order valence-electron chi connectivity index (χ4n) is 3.53. The van der Waals surface area contributed by atoms with Crippen LogP contribution in [0, 0.1) is 0 Å². The van der Waals surface area contributed by atoms with Gasteiger partial charge < -0.3 is 14.2 Å². The Hall–Kier alpha value is -3.56. The van der Waals surface area contributed by atoms with Crippen molar-refractivity contribution in [2.75, 3.05) is 24.7 Å². The topological polar surface area (TPSA) is 77.4 Å². The van der Waals surface area contributed by atoms with Crippen LogP contribution in [0.3, 0.4) is 0 Å². The monoisotopic (exact) mass is 580 g/mol. The highest BCUT2D eigenvalue weighted by Crippen LogP contribution is 2.40. The highest BCUT2D eigenvalue weighted by Gasteiger charge is 2.34. The normalized spacial score (nSPS) is 15.3. The fourth-order valence-corrected chi connectivity index (χ4v) is 5.10. The van der Waals surface area contributed by atoms with Gasteiger partial charge in [-0.05, 0) is 89.6 Å². The maximum absolute atomic E-state index is 13.5. The highest BCUT2D eigenvalue weighted by molar-refractivity contribution is 9.10. The third-order valence-corrected chi connectivity index (χ3v) is 6.63. The van der Waals surface area contributed by atoms with Crippen molar-refractivity contribution in [3.8, 4) is 11.5 Å². The highest BCUT2D eigenvalue weighted by atomic mass is 79.9. The summed E-state index contributed by atoms with van der Waals surface area (Å²) in [6.45, 7) is 4.02. The minimum atomic E-state index is -0.470. The lowest BCUT2D eigenvalue weighted by Crippen LogP contribution is -2.28. The summed E-state index contributed by atoms with van der Waals surface area (Å²) in [4.78, 5) is 32.2. The summed E-state index contributed by atoms with van der Waals surface area (Å²) >= 11 is 4.81. The second kappa shape index (κ2) is 12.6. The molecule has 1 aliphatic rings. The van der Waals surface area contributed by atoms with E-state index in [1.807, 2.05) is 73.7 Å². The number of aliphatic imine (C=N–C) groups is 1. The molecule has 0 saturated carbocycles. The minimum absolute atomic E-state index is 0.178. The predicted molar refractivity (Wildman–Crippen MR) is 150 cm³/mol. The molecule has 4 rings (SSSR count). The molecule has 9 heteroatoms. The zero-order chi connectivity index (χ0) is 26.2. The average molecular weight is 581 g/mol.